The van der Waals surface area contributed by atoms with Crippen LogP contribution < -0.4 is 5.73 Å². The van der Waals surface area contributed by atoms with E-state index >= 15 is 0 Å². The van der Waals surface area contributed by atoms with Crippen molar-refractivity contribution in [3.8, 4) is 11.3 Å². The number of anilines is 1. The average Bonchev–Trinajstić information content (AvgIpc) is 2.83. The molecule has 0 aliphatic carbocycles. The summed E-state index contributed by atoms with van der Waals surface area (Å²) in [7, 11) is 0. The Bertz CT molecular complexity index is 760. The fraction of sp³-hybridized carbons (Fsp3) is 0.118. The molecule has 3 aromatic rings. The number of nitrogens with zero attached hydrogens (tertiary/aromatic N) is 2. The Kier molecular flexibility index (Phi) is 3.67. The summed E-state index contributed by atoms with van der Waals surface area (Å²) in [5.74, 6) is 0.656. The van der Waals surface area contributed by atoms with Crippen LogP contribution in [-0.4, -0.2) is 9.78 Å². The number of nitrogens with two attached hydrogens (primary N) is 1. The molecule has 2 N–H and O–H groups in total. The lowest BCUT2D eigenvalue weighted by Crippen LogP contribution is -2.05. The number of halogens is 1. The molecule has 106 valence electrons. The van der Waals surface area contributed by atoms with Crippen LogP contribution in [0.4, 0.5) is 5.82 Å². The summed E-state index contributed by atoms with van der Waals surface area (Å²) in [5, 5.41) is 5.35. The van der Waals surface area contributed by atoms with Gasteiger partial charge in [0.1, 0.15) is 5.82 Å². The minimum Gasteiger partial charge on any atom is -0.384 e. The van der Waals surface area contributed by atoms with Gasteiger partial charge in [-0.15, -0.1) is 0 Å². The molecule has 4 heteroatoms. The van der Waals surface area contributed by atoms with Crippen LogP contribution in [-0.2, 0) is 6.54 Å². The van der Waals surface area contributed by atoms with E-state index in [2.05, 4.69) is 24.2 Å². The summed E-state index contributed by atoms with van der Waals surface area (Å²) < 4.78 is 1.81. The predicted molar refractivity (Wildman–Crippen MR) is 87.4 cm³/mol. The number of nitrogen functional groups attached to an aromatic ring is 1. The molecule has 0 spiro atoms. The molecule has 0 radical (unpaired) electrons. The maximum Gasteiger partial charge on any atom is 0.122 e. The molecule has 0 aliphatic rings. The predicted octanol–water partition coefficient (Wildman–Crippen LogP) is 4.14. The third-order valence-corrected chi connectivity index (χ3v) is 3.73. The van der Waals surface area contributed by atoms with Crippen LogP contribution in [0.5, 0.6) is 0 Å². The molecule has 1 heterocycles. The molecule has 0 bridgehead atoms. The van der Waals surface area contributed by atoms with Gasteiger partial charge < -0.3 is 5.73 Å². The Morgan fingerprint density at radius 2 is 1.81 bits per heavy atom. The van der Waals surface area contributed by atoms with Gasteiger partial charge in [0.25, 0.3) is 0 Å². The maximum atomic E-state index is 6.08. The Hall–Kier alpha value is -2.26. The standard InChI is InChI=1S/C17H16ClN3/c1-12-4-2-3-5-15(12)16-10-17(19)21(20-16)11-13-6-8-14(18)9-7-13/h2-10H,11,19H2,1H3. The van der Waals surface area contributed by atoms with Crippen LogP contribution in [0.25, 0.3) is 11.3 Å². The minimum absolute atomic E-state index is 0.634. The second kappa shape index (κ2) is 5.62. The Morgan fingerprint density at radius 3 is 2.52 bits per heavy atom. The van der Waals surface area contributed by atoms with Gasteiger partial charge in [-0.3, -0.25) is 0 Å². The summed E-state index contributed by atoms with van der Waals surface area (Å²) in [6.45, 7) is 2.71. The number of benzene rings is 2. The Balaban J connectivity index is 1.91. The number of hydrogen-bond acceptors (Lipinski definition) is 2. The van der Waals surface area contributed by atoms with Gasteiger partial charge in [0, 0.05) is 16.7 Å². The van der Waals surface area contributed by atoms with E-state index in [0.717, 1.165) is 21.8 Å². The molecule has 0 saturated carbocycles. The van der Waals surface area contributed by atoms with Crippen molar-refractivity contribution < 1.29 is 0 Å². The van der Waals surface area contributed by atoms with Crippen LogP contribution in [0.1, 0.15) is 11.1 Å². The maximum absolute atomic E-state index is 6.08. The topological polar surface area (TPSA) is 43.8 Å². The second-order valence-electron chi connectivity index (χ2n) is 5.05. The lowest BCUT2D eigenvalue weighted by molar-refractivity contribution is 0.699. The van der Waals surface area contributed by atoms with Gasteiger partial charge in [0.05, 0.1) is 12.2 Å². The van der Waals surface area contributed by atoms with Crippen LogP contribution >= 0.6 is 11.6 Å². The summed E-state index contributed by atoms with van der Waals surface area (Å²) in [6.07, 6.45) is 0. The monoisotopic (exact) mass is 297 g/mol. The molecule has 3 rings (SSSR count). The minimum atomic E-state index is 0.634. The van der Waals surface area contributed by atoms with E-state index in [0.29, 0.717) is 12.4 Å². The van der Waals surface area contributed by atoms with E-state index < -0.39 is 0 Å². The van der Waals surface area contributed by atoms with Crippen molar-refractivity contribution in [3.63, 3.8) is 0 Å². The summed E-state index contributed by atoms with van der Waals surface area (Å²) >= 11 is 5.90. The highest BCUT2D eigenvalue weighted by atomic mass is 35.5. The first-order valence-electron chi connectivity index (χ1n) is 6.77. The van der Waals surface area contributed by atoms with Crippen molar-refractivity contribution in [2.75, 3.05) is 5.73 Å². The lowest BCUT2D eigenvalue weighted by Gasteiger charge is -2.04. The number of aryl methyl sites for hydroxylation is 1. The van der Waals surface area contributed by atoms with Crippen molar-refractivity contribution in [1.82, 2.24) is 9.78 Å². The molecule has 3 nitrogen and oxygen atoms in total. The number of rotatable bonds is 3. The molecule has 0 fully saturated rings. The fourth-order valence-corrected chi connectivity index (χ4v) is 2.44. The molecule has 21 heavy (non-hydrogen) atoms. The van der Waals surface area contributed by atoms with Crippen LogP contribution in [0, 0.1) is 6.92 Å². The van der Waals surface area contributed by atoms with Crippen LogP contribution in [0.2, 0.25) is 5.02 Å². The highest BCUT2D eigenvalue weighted by Crippen LogP contribution is 2.24. The summed E-state index contributed by atoms with van der Waals surface area (Å²) in [6, 6.07) is 17.8. The van der Waals surface area contributed by atoms with Crippen LogP contribution in [0.3, 0.4) is 0 Å². The lowest BCUT2D eigenvalue weighted by atomic mass is 10.1. The zero-order valence-electron chi connectivity index (χ0n) is 11.8. The first kappa shape index (κ1) is 13.7. The quantitative estimate of drug-likeness (QED) is 0.789. The van der Waals surface area contributed by atoms with E-state index in [-0.39, 0.29) is 0 Å². The smallest absolute Gasteiger partial charge is 0.122 e. The van der Waals surface area contributed by atoms with E-state index in [9.17, 15) is 0 Å². The molecule has 2 aromatic carbocycles. The largest absolute Gasteiger partial charge is 0.384 e. The SMILES string of the molecule is Cc1ccccc1-c1cc(N)n(Cc2ccc(Cl)cc2)n1. The summed E-state index contributed by atoms with van der Waals surface area (Å²) in [4.78, 5) is 0. The van der Waals surface area contributed by atoms with Crippen molar-refractivity contribution >= 4 is 17.4 Å². The third kappa shape index (κ3) is 2.93. The molecular weight excluding hydrogens is 282 g/mol. The van der Waals surface area contributed by atoms with Crippen molar-refractivity contribution in [2.45, 2.75) is 13.5 Å². The third-order valence-electron chi connectivity index (χ3n) is 3.48. The van der Waals surface area contributed by atoms with Crippen molar-refractivity contribution in [1.29, 1.82) is 0 Å². The second-order valence-corrected chi connectivity index (χ2v) is 5.49. The van der Waals surface area contributed by atoms with Gasteiger partial charge in [0.2, 0.25) is 0 Å². The van der Waals surface area contributed by atoms with Gasteiger partial charge in [-0.2, -0.15) is 5.10 Å². The molecule has 0 atom stereocenters. The molecule has 0 saturated heterocycles. The van der Waals surface area contributed by atoms with Gasteiger partial charge >= 0.3 is 0 Å². The van der Waals surface area contributed by atoms with Crippen molar-refractivity contribution in [3.05, 3.63) is 70.7 Å². The van der Waals surface area contributed by atoms with E-state index in [4.69, 9.17) is 17.3 Å². The summed E-state index contributed by atoms with van der Waals surface area (Å²) in [5.41, 5.74) is 10.4. The molecule has 0 amide bonds. The van der Waals surface area contributed by atoms with Gasteiger partial charge in [-0.05, 0) is 30.2 Å². The number of hydrogen-bond donors (Lipinski definition) is 1. The molecular formula is C17H16ClN3. The highest BCUT2D eigenvalue weighted by Gasteiger charge is 2.09. The first-order chi connectivity index (χ1) is 10.1. The zero-order chi connectivity index (χ0) is 14.8. The van der Waals surface area contributed by atoms with E-state index in [1.54, 1.807) is 0 Å². The Morgan fingerprint density at radius 1 is 1.10 bits per heavy atom. The average molecular weight is 298 g/mol. The van der Waals surface area contributed by atoms with Gasteiger partial charge in [-0.25, -0.2) is 4.68 Å². The van der Waals surface area contributed by atoms with E-state index in [1.165, 1.54) is 5.56 Å². The number of aromatic nitrogens is 2. The Labute approximate surface area is 129 Å². The normalized spacial score (nSPS) is 10.8. The highest BCUT2D eigenvalue weighted by molar-refractivity contribution is 6.30. The molecule has 0 aliphatic heterocycles. The molecule has 0 unspecified atom stereocenters. The van der Waals surface area contributed by atoms with Crippen molar-refractivity contribution in [2.24, 2.45) is 0 Å². The zero-order valence-corrected chi connectivity index (χ0v) is 12.5. The van der Waals surface area contributed by atoms with E-state index in [1.807, 2.05) is 47.1 Å². The molecule has 1 aromatic heterocycles. The first-order valence-corrected chi connectivity index (χ1v) is 7.15. The van der Waals surface area contributed by atoms with Crippen LogP contribution in [0.15, 0.2) is 54.6 Å². The fourth-order valence-electron chi connectivity index (χ4n) is 2.31. The van der Waals surface area contributed by atoms with Gasteiger partial charge in [-0.1, -0.05) is 48.0 Å². The van der Waals surface area contributed by atoms with Gasteiger partial charge in [0.15, 0.2) is 0 Å².